The van der Waals surface area contributed by atoms with Gasteiger partial charge in [0.15, 0.2) is 11.5 Å². The third kappa shape index (κ3) is 4.67. The van der Waals surface area contributed by atoms with Crippen LogP contribution in [0, 0.1) is 0 Å². The molecule has 0 spiro atoms. The largest absolute Gasteiger partial charge is 0.493 e. The van der Waals surface area contributed by atoms with E-state index in [1.54, 1.807) is 49.5 Å². The Kier molecular flexibility index (Phi) is 6.27. The van der Waals surface area contributed by atoms with E-state index in [-0.39, 0.29) is 5.91 Å². The van der Waals surface area contributed by atoms with Crippen LogP contribution in [-0.4, -0.2) is 34.9 Å². The van der Waals surface area contributed by atoms with Crippen molar-refractivity contribution in [3.05, 3.63) is 90.9 Å². The average Bonchev–Trinajstić information content (AvgIpc) is 3.28. The van der Waals surface area contributed by atoms with Crippen LogP contribution < -0.4 is 14.8 Å². The van der Waals surface area contributed by atoms with Gasteiger partial charge in [0.05, 0.1) is 19.9 Å². The van der Waals surface area contributed by atoms with Gasteiger partial charge in [-0.1, -0.05) is 18.2 Å². The second-order valence-electron chi connectivity index (χ2n) is 6.84. The maximum atomic E-state index is 12.4. The van der Waals surface area contributed by atoms with E-state index in [0.717, 1.165) is 16.8 Å². The van der Waals surface area contributed by atoms with Crippen LogP contribution in [-0.2, 0) is 4.79 Å². The Hall–Kier alpha value is -4.39. The quantitative estimate of drug-likeness (QED) is 0.437. The van der Waals surface area contributed by atoms with Crippen molar-refractivity contribution in [2.75, 3.05) is 19.5 Å². The van der Waals surface area contributed by atoms with E-state index in [4.69, 9.17) is 14.6 Å². The van der Waals surface area contributed by atoms with Gasteiger partial charge in [-0.2, -0.15) is 5.10 Å². The number of para-hydroxylation sites is 1. The summed E-state index contributed by atoms with van der Waals surface area (Å²) in [7, 11) is 3.19. The van der Waals surface area contributed by atoms with Gasteiger partial charge in [0.2, 0.25) is 5.91 Å². The Morgan fingerprint density at radius 1 is 0.969 bits per heavy atom. The maximum Gasteiger partial charge on any atom is 0.248 e. The molecule has 32 heavy (non-hydrogen) atoms. The minimum absolute atomic E-state index is 0.248. The Balaban J connectivity index is 1.70. The van der Waals surface area contributed by atoms with Gasteiger partial charge in [-0.15, -0.1) is 0 Å². The number of ether oxygens (including phenoxy) is 2. The molecule has 0 saturated carbocycles. The Bertz CT molecular complexity index is 1230. The zero-order valence-corrected chi connectivity index (χ0v) is 17.7. The Morgan fingerprint density at radius 2 is 1.72 bits per heavy atom. The number of aromatic nitrogens is 3. The van der Waals surface area contributed by atoms with Gasteiger partial charge in [0.25, 0.3) is 0 Å². The summed E-state index contributed by atoms with van der Waals surface area (Å²) >= 11 is 0. The molecule has 0 radical (unpaired) electrons. The van der Waals surface area contributed by atoms with E-state index in [1.165, 1.54) is 6.08 Å². The van der Waals surface area contributed by atoms with E-state index in [2.05, 4.69) is 10.3 Å². The SMILES string of the molecule is COc1ccc(-c2nn(-c3ccccc3)cc2/C=C/C(=O)Nc2ccncc2)cc1OC. The lowest BCUT2D eigenvalue weighted by molar-refractivity contribution is -0.111. The molecule has 7 heteroatoms. The summed E-state index contributed by atoms with van der Waals surface area (Å²) in [5.74, 6) is 0.985. The zero-order chi connectivity index (χ0) is 22.3. The number of nitrogens with one attached hydrogen (secondary N) is 1. The summed E-state index contributed by atoms with van der Waals surface area (Å²) in [6.07, 6.45) is 8.36. The number of anilines is 1. The number of benzene rings is 2. The highest BCUT2D eigenvalue weighted by Crippen LogP contribution is 2.33. The van der Waals surface area contributed by atoms with Gasteiger partial charge in [0, 0.05) is 41.5 Å². The number of methoxy groups -OCH3 is 2. The normalized spacial score (nSPS) is 10.8. The van der Waals surface area contributed by atoms with Crippen molar-refractivity contribution in [3.63, 3.8) is 0 Å². The number of hydrogen-bond acceptors (Lipinski definition) is 5. The molecule has 1 amide bonds. The second kappa shape index (κ2) is 9.61. The fourth-order valence-electron chi connectivity index (χ4n) is 3.21. The minimum atomic E-state index is -0.248. The van der Waals surface area contributed by atoms with Crippen molar-refractivity contribution in [3.8, 4) is 28.4 Å². The third-order valence-corrected chi connectivity index (χ3v) is 4.78. The maximum absolute atomic E-state index is 12.4. The van der Waals surface area contributed by atoms with E-state index in [1.807, 2.05) is 54.7 Å². The highest BCUT2D eigenvalue weighted by Gasteiger charge is 2.14. The van der Waals surface area contributed by atoms with Gasteiger partial charge >= 0.3 is 0 Å². The summed E-state index contributed by atoms with van der Waals surface area (Å²) in [5, 5.41) is 7.59. The molecular weight excluding hydrogens is 404 g/mol. The first-order valence-electron chi connectivity index (χ1n) is 9.94. The number of amides is 1. The number of hydrogen-bond donors (Lipinski definition) is 1. The molecule has 160 valence electrons. The van der Waals surface area contributed by atoms with E-state index in [9.17, 15) is 4.79 Å². The number of nitrogens with zero attached hydrogens (tertiary/aromatic N) is 3. The fourth-order valence-corrected chi connectivity index (χ4v) is 3.21. The smallest absolute Gasteiger partial charge is 0.248 e. The number of rotatable bonds is 7. The molecule has 0 saturated heterocycles. The molecule has 2 heterocycles. The fraction of sp³-hybridized carbons (Fsp3) is 0.0800. The second-order valence-corrected chi connectivity index (χ2v) is 6.84. The highest BCUT2D eigenvalue weighted by atomic mass is 16.5. The summed E-state index contributed by atoms with van der Waals surface area (Å²) < 4.78 is 12.6. The van der Waals surface area contributed by atoms with Crippen molar-refractivity contribution in [2.45, 2.75) is 0 Å². The molecule has 0 unspecified atom stereocenters. The van der Waals surface area contributed by atoms with Crippen LogP contribution in [0.4, 0.5) is 5.69 Å². The lowest BCUT2D eigenvalue weighted by atomic mass is 10.1. The molecule has 4 rings (SSSR count). The number of pyridine rings is 1. The van der Waals surface area contributed by atoms with Crippen LogP contribution >= 0.6 is 0 Å². The topological polar surface area (TPSA) is 78.3 Å². The van der Waals surface area contributed by atoms with E-state index in [0.29, 0.717) is 22.9 Å². The van der Waals surface area contributed by atoms with Crippen molar-refractivity contribution < 1.29 is 14.3 Å². The number of carbonyl (C=O) groups excluding carboxylic acids is 1. The zero-order valence-electron chi connectivity index (χ0n) is 17.7. The van der Waals surface area contributed by atoms with Crippen LogP contribution in [0.3, 0.4) is 0 Å². The van der Waals surface area contributed by atoms with Crippen LogP contribution in [0.1, 0.15) is 5.56 Å². The summed E-state index contributed by atoms with van der Waals surface area (Å²) in [5.41, 5.74) is 3.92. The van der Waals surface area contributed by atoms with Crippen LogP contribution in [0.2, 0.25) is 0 Å². The summed E-state index contributed by atoms with van der Waals surface area (Å²) in [6, 6.07) is 18.9. The van der Waals surface area contributed by atoms with Crippen LogP contribution in [0.5, 0.6) is 11.5 Å². The molecule has 0 aliphatic rings. The molecule has 0 bridgehead atoms. The average molecular weight is 426 g/mol. The molecular formula is C25H22N4O3. The highest BCUT2D eigenvalue weighted by molar-refractivity contribution is 6.02. The molecule has 2 aromatic carbocycles. The summed E-state index contributed by atoms with van der Waals surface area (Å²) in [6.45, 7) is 0. The molecule has 0 aliphatic carbocycles. The van der Waals surface area contributed by atoms with Crippen molar-refractivity contribution in [1.29, 1.82) is 0 Å². The van der Waals surface area contributed by atoms with Gasteiger partial charge in [0.1, 0.15) is 5.69 Å². The van der Waals surface area contributed by atoms with Crippen molar-refractivity contribution in [2.24, 2.45) is 0 Å². The third-order valence-electron chi connectivity index (χ3n) is 4.78. The molecule has 0 atom stereocenters. The molecule has 7 nitrogen and oxygen atoms in total. The van der Waals surface area contributed by atoms with Crippen molar-refractivity contribution in [1.82, 2.24) is 14.8 Å². The first kappa shape index (κ1) is 20.9. The van der Waals surface area contributed by atoms with Gasteiger partial charge in [-0.25, -0.2) is 4.68 Å². The standard InChI is InChI=1S/C25H22N4O3/c1-31-22-10-8-18(16-23(22)32-2)25-19(17-29(28-25)21-6-4-3-5-7-21)9-11-24(30)27-20-12-14-26-15-13-20/h3-17H,1-2H3,(H,26,27,30)/b11-9+. The first-order chi connectivity index (χ1) is 15.7. The van der Waals surface area contributed by atoms with Gasteiger partial charge in [-0.3, -0.25) is 9.78 Å². The molecule has 0 aliphatic heterocycles. The summed E-state index contributed by atoms with van der Waals surface area (Å²) in [4.78, 5) is 16.4. The molecule has 2 aromatic heterocycles. The lowest BCUT2D eigenvalue weighted by Gasteiger charge is -2.09. The van der Waals surface area contributed by atoms with E-state index < -0.39 is 0 Å². The molecule has 0 fully saturated rings. The minimum Gasteiger partial charge on any atom is -0.493 e. The molecule has 1 N–H and O–H groups in total. The van der Waals surface area contributed by atoms with E-state index >= 15 is 0 Å². The number of carbonyl (C=O) groups is 1. The first-order valence-corrected chi connectivity index (χ1v) is 9.94. The van der Waals surface area contributed by atoms with Gasteiger partial charge in [-0.05, 0) is 48.5 Å². The van der Waals surface area contributed by atoms with Gasteiger partial charge < -0.3 is 14.8 Å². The predicted molar refractivity (Wildman–Crippen MR) is 124 cm³/mol. The molecule has 4 aromatic rings. The Morgan fingerprint density at radius 3 is 2.44 bits per heavy atom. The van der Waals surface area contributed by atoms with Crippen LogP contribution in [0.15, 0.2) is 85.3 Å². The lowest BCUT2D eigenvalue weighted by Crippen LogP contribution is -2.07. The Labute approximate surface area is 186 Å². The van der Waals surface area contributed by atoms with Crippen LogP contribution in [0.25, 0.3) is 23.0 Å². The monoisotopic (exact) mass is 426 g/mol. The van der Waals surface area contributed by atoms with Crippen molar-refractivity contribution >= 4 is 17.7 Å². The predicted octanol–water partition coefficient (Wildman–Crippen LogP) is 4.60.